The van der Waals surface area contributed by atoms with Crippen LogP contribution in [0.1, 0.15) is 93.2 Å². The van der Waals surface area contributed by atoms with Crippen LogP contribution in [0.4, 0.5) is 13.2 Å². The maximum absolute atomic E-state index is 15.1. The lowest BCUT2D eigenvalue weighted by Crippen LogP contribution is -2.25. The topological polar surface area (TPSA) is 29.5 Å². The summed E-state index contributed by atoms with van der Waals surface area (Å²) in [7, 11) is 0. The number of hydrogen-bond donors (Lipinski definition) is 1. The van der Waals surface area contributed by atoms with Gasteiger partial charge in [0.05, 0.1) is 12.7 Å². The van der Waals surface area contributed by atoms with E-state index >= 15 is 4.39 Å². The van der Waals surface area contributed by atoms with Gasteiger partial charge in [-0.05, 0) is 86.0 Å². The van der Waals surface area contributed by atoms with Crippen molar-refractivity contribution in [3.8, 4) is 5.75 Å². The van der Waals surface area contributed by atoms with E-state index in [4.69, 9.17) is 4.74 Å². The second-order valence-corrected chi connectivity index (χ2v) is 11.0. The quantitative estimate of drug-likeness (QED) is 0.211. The maximum Gasteiger partial charge on any atom is 0.166 e. The summed E-state index contributed by atoms with van der Waals surface area (Å²) < 4.78 is 50.4. The molecule has 0 radical (unpaired) electrons. The van der Waals surface area contributed by atoms with Gasteiger partial charge in [0, 0.05) is 17.5 Å². The number of rotatable bonds is 12. The number of unbranched alkanes of at least 4 members (excludes halogenated alkanes) is 1. The number of allylic oxidation sites excluding steroid dienone is 6. The average Bonchev–Trinajstić information content (AvgIpc) is 2.97. The average molecular weight is 551 g/mol. The summed E-state index contributed by atoms with van der Waals surface area (Å²) in [5.74, 6) is -1.24. The molecule has 1 saturated carbocycles. The zero-order chi connectivity index (χ0) is 28.5. The molecule has 5 heteroatoms. The highest BCUT2D eigenvalue weighted by molar-refractivity contribution is 5.57. The number of benzene rings is 2. The fourth-order valence-electron chi connectivity index (χ4n) is 5.86. The zero-order valence-electron chi connectivity index (χ0n) is 23.4. The fourth-order valence-corrected chi connectivity index (χ4v) is 5.86. The van der Waals surface area contributed by atoms with Gasteiger partial charge >= 0.3 is 0 Å². The smallest absolute Gasteiger partial charge is 0.166 e. The Balaban J connectivity index is 1.34. The van der Waals surface area contributed by atoms with E-state index in [0.29, 0.717) is 29.9 Å². The highest BCUT2D eigenvalue weighted by Crippen LogP contribution is 2.39. The summed E-state index contributed by atoms with van der Waals surface area (Å²) in [6.07, 6.45) is 18.0. The summed E-state index contributed by atoms with van der Waals surface area (Å²) in [4.78, 5) is 0. The van der Waals surface area contributed by atoms with Gasteiger partial charge < -0.3 is 9.84 Å². The Labute approximate surface area is 237 Å². The van der Waals surface area contributed by atoms with E-state index in [9.17, 15) is 13.9 Å². The van der Waals surface area contributed by atoms with Crippen LogP contribution in [0, 0.1) is 23.4 Å². The number of aliphatic hydroxyl groups is 1. The third-order valence-corrected chi connectivity index (χ3v) is 8.26. The van der Waals surface area contributed by atoms with E-state index in [1.807, 2.05) is 24.3 Å². The minimum atomic E-state index is -0.825. The molecule has 0 amide bonds. The van der Waals surface area contributed by atoms with Gasteiger partial charge in [-0.25, -0.2) is 13.2 Å². The van der Waals surface area contributed by atoms with Gasteiger partial charge in [0.2, 0.25) is 0 Å². The van der Waals surface area contributed by atoms with Crippen LogP contribution in [-0.2, 0) is 0 Å². The molecule has 40 heavy (non-hydrogen) atoms. The van der Waals surface area contributed by atoms with Gasteiger partial charge in [-0.15, -0.1) is 6.58 Å². The van der Waals surface area contributed by atoms with Gasteiger partial charge in [-0.1, -0.05) is 68.0 Å². The molecule has 214 valence electrons. The summed E-state index contributed by atoms with van der Waals surface area (Å²) in [6.45, 7) is 6.26. The monoisotopic (exact) mass is 550 g/mol. The van der Waals surface area contributed by atoms with E-state index in [1.54, 1.807) is 36.4 Å². The minimum absolute atomic E-state index is 0.0168. The second-order valence-electron chi connectivity index (χ2n) is 11.0. The van der Waals surface area contributed by atoms with Crippen molar-refractivity contribution in [2.45, 2.75) is 82.7 Å². The number of aliphatic hydroxyl groups excluding tert-OH is 1. The Morgan fingerprint density at radius 1 is 1.02 bits per heavy atom. The van der Waals surface area contributed by atoms with Crippen molar-refractivity contribution in [2.24, 2.45) is 5.92 Å². The third-order valence-electron chi connectivity index (χ3n) is 8.26. The van der Waals surface area contributed by atoms with Crippen molar-refractivity contribution in [3.05, 3.63) is 107 Å². The van der Waals surface area contributed by atoms with Crippen molar-refractivity contribution < 1.29 is 23.0 Å². The molecule has 1 fully saturated rings. The molecule has 1 N–H and O–H groups in total. The first kappa shape index (κ1) is 29.9. The number of hydrogen-bond acceptors (Lipinski definition) is 2. The standard InChI is InChI=1S/C35H41F3O2/c1-3-5-6-22-40-29-19-21-30(32(36)23-29)25-11-8-24(9-12-25)10-13-28-18-20-31(35(38)34(28)37)26-14-16-27(17-15-26)33(39)7-4-2/h3,8-11,13,18-21,23,25-27,33,39H,1,4-7,12,14-17,22H2,2H3/b13-10+. The van der Waals surface area contributed by atoms with E-state index in [1.165, 1.54) is 6.07 Å². The Morgan fingerprint density at radius 2 is 1.80 bits per heavy atom. The van der Waals surface area contributed by atoms with Crippen LogP contribution in [0.15, 0.2) is 72.9 Å². The third kappa shape index (κ3) is 7.57. The van der Waals surface area contributed by atoms with E-state index in [0.717, 1.165) is 56.9 Å². The molecule has 0 aliphatic heterocycles. The van der Waals surface area contributed by atoms with Gasteiger partial charge in [-0.3, -0.25) is 0 Å². The molecule has 2 atom stereocenters. The van der Waals surface area contributed by atoms with Crippen molar-refractivity contribution in [2.75, 3.05) is 6.61 Å². The predicted molar refractivity (Wildman–Crippen MR) is 157 cm³/mol. The molecule has 4 rings (SSSR count). The SMILES string of the molecule is C=CCCCOc1ccc(C2C=CC(/C=C/c3ccc(C4CCC(C(O)CCC)CC4)c(F)c3F)=CC2)c(F)c1. The molecule has 2 aromatic rings. The molecule has 2 aromatic carbocycles. The first-order valence-corrected chi connectivity index (χ1v) is 14.7. The first-order valence-electron chi connectivity index (χ1n) is 14.7. The normalized spacial score (nSPS) is 21.8. The van der Waals surface area contributed by atoms with Crippen molar-refractivity contribution >= 4 is 6.08 Å². The number of halogens is 3. The fraction of sp³-hybridized carbons (Fsp3) is 0.429. The summed E-state index contributed by atoms with van der Waals surface area (Å²) >= 11 is 0. The molecular weight excluding hydrogens is 509 g/mol. The van der Waals surface area contributed by atoms with Crippen molar-refractivity contribution in [1.82, 2.24) is 0 Å². The number of ether oxygens (including phenoxy) is 1. The largest absolute Gasteiger partial charge is 0.493 e. The predicted octanol–water partition coefficient (Wildman–Crippen LogP) is 9.57. The maximum atomic E-state index is 15.1. The van der Waals surface area contributed by atoms with Crippen molar-refractivity contribution in [3.63, 3.8) is 0 Å². The highest BCUT2D eigenvalue weighted by atomic mass is 19.2. The molecule has 2 unspecified atom stereocenters. The summed E-state index contributed by atoms with van der Waals surface area (Å²) in [5, 5.41) is 10.3. The summed E-state index contributed by atoms with van der Waals surface area (Å²) in [5.41, 5.74) is 2.12. The van der Waals surface area contributed by atoms with E-state index < -0.39 is 11.6 Å². The molecule has 0 spiro atoms. The zero-order valence-corrected chi connectivity index (χ0v) is 23.4. The summed E-state index contributed by atoms with van der Waals surface area (Å²) in [6, 6.07) is 8.35. The lowest BCUT2D eigenvalue weighted by atomic mass is 9.75. The Morgan fingerprint density at radius 3 is 2.48 bits per heavy atom. The van der Waals surface area contributed by atoms with Gasteiger partial charge in [-0.2, -0.15) is 0 Å². The lowest BCUT2D eigenvalue weighted by Gasteiger charge is -2.32. The van der Waals surface area contributed by atoms with Crippen LogP contribution in [-0.4, -0.2) is 17.8 Å². The Hall–Kier alpha value is -3.05. The first-order chi connectivity index (χ1) is 19.4. The molecular formula is C35H41F3O2. The van der Waals surface area contributed by atoms with Crippen LogP contribution in [0.2, 0.25) is 0 Å². The molecule has 0 saturated heterocycles. The van der Waals surface area contributed by atoms with Gasteiger partial charge in [0.25, 0.3) is 0 Å². The van der Waals surface area contributed by atoms with Gasteiger partial charge in [0.1, 0.15) is 11.6 Å². The van der Waals surface area contributed by atoms with E-state index in [2.05, 4.69) is 13.5 Å². The highest BCUT2D eigenvalue weighted by Gasteiger charge is 2.29. The molecule has 0 heterocycles. The van der Waals surface area contributed by atoms with Crippen LogP contribution in [0.25, 0.3) is 6.08 Å². The molecule has 2 nitrogen and oxygen atoms in total. The van der Waals surface area contributed by atoms with Gasteiger partial charge in [0.15, 0.2) is 11.6 Å². The molecule has 2 aliphatic rings. The van der Waals surface area contributed by atoms with Crippen LogP contribution < -0.4 is 4.74 Å². The minimum Gasteiger partial charge on any atom is -0.493 e. The second kappa shape index (κ2) is 14.5. The Kier molecular flexibility index (Phi) is 10.9. The molecule has 2 aliphatic carbocycles. The molecule has 0 aromatic heterocycles. The van der Waals surface area contributed by atoms with Crippen LogP contribution in [0.5, 0.6) is 5.75 Å². The van der Waals surface area contributed by atoms with Crippen LogP contribution in [0.3, 0.4) is 0 Å². The lowest BCUT2D eigenvalue weighted by molar-refractivity contribution is 0.0727. The van der Waals surface area contributed by atoms with Crippen molar-refractivity contribution in [1.29, 1.82) is 0 Å². The van der Waals surface area contributed by atoms with Crippen LogP contribution >= 0.6 is 0 Å². The molecule has 0 bridgehead atoms. The Bertz CT molecular complexity index is 1240. The van der Waals surface area contributed by atoms with E-state index in [-0.39, 0.29) is 35.2 Å².